The minimum absolute atomic E-state index is 0.694. The summed E-state index contributed by atoms with van der Waals surface area (Å²) in [6.45, 7) is 5.16. The molecule has 2 rings (SSSR count). The van der Waals surface area contributed by atoms with Crippen LogP contribution in [0.15, 0.2) is 21.8 Å². The first-order valence-electron chi connectivity index (χ1n) is 7.83. The van der Waals surface area contributed by atoms with Crippen molar-refractivity contribution >= 4 is 5.96 Å². The smallest absolute Gasteiger partial charge is 0.193 e. The van der Waals surface area contributed by atoms with Crippen molar-refractivity contribution in [1.29, 1.82) is 0 Å². The predicted molar refractivity (Wildman–Crippen MR) is 84.2 cm³/mol. The number of hydrogen-bond donors (Lipinski definition) is 1. The van der Waals surface area contributed by atoms with E-state index in [2.05, 4.69) is 25.3 Å². The highest BCUT2D eigenvalue weighted by atomic mass is 16.5. The molecule has 1 aliphatic heterocycles. The molecule has 118 valence electrons. The summed E-state index contributed by atoms with van der Waals surface area (Å²) >= 11 is 0. The molecule has 0 aliphatic carbocycles. The third-order valence-electron chi connectivity index (χ3n) is 3.87. The first kappa shape index (κ1) is 15.8. The van der Waals surface area contributed by atoms with Crippen molar-refractivity contribution in [3.63, 3.8) is 0 Å². The molecule has 0 aromatic carbocycles. The molecule has 21 heavy (non-hydrogen) atoms. The molecular formula is C15H27N5O. The van der Waals surface area contributed by atoms with Crippen LogP contribution in [0.25, 0.3) is 0 Å². The van der Waals surface area contributed by atoms with Crippen LogP contribution in [0, 0.1) is 0 Å². The van der Waals surface area contributed by atoms with E-state index in [0.29, 0.717) is 6.54 Å². The number of nitrogens with one attached hydrogen (secondary N) is 1. The molecule has 0 saturated carbocycles. The van der Waals surface area contributed by atoms with E-state index in [1.807, 2.05) is 20.2 Å². The minimum Gasteiger partial charge on any atom is -0.364 e. The molecule has 6 heteroatoms. The van der Waals surface area contributed by atoms with E-state index >= 15 is 0 Å². The van der Waals surface area contributed by atoms with Crippen molar-refractivity contribution in [2.45, 2.75) is 32.2 Å². The number of rotatable bonds is 5. The van der Waals surface area contributed by atoms with Crippen LogP contribution in [0.1, 0.15) is 31.4 Å². The molecule has 1 aromatic rings. The Hall–Kier alpha value is -1.56. The average molecular weight is 293 g/mol. The van der Waals surface area contributed by atoms with Crippen molar-refractivity contribution in [2.24, 2.45) is 4.99 Å². The number of guanidine groups is 1. The summed E-state index contributed by atoms with van der Waals surface area (Å²) in [7, 11) is 3.82. The molecule has 0 bridgehead atoms. The van der Waals surface area contributed by atoms with E-state index in [9.17, 15) is 0 Å². The maximum atomic E-state index is 4.86. The van der Waals surface area contributed by atoms with Crippen LogP contribution in [0.2, 0.25) is 0 Å². The molecule has 6 nitrogen and oxygen atoms in total. The number of likely N-dealkylation sites (tertiary alicyclic amines) is 1. The maximum Gasteiger partial charge on any atom is 0.193 e. The Bertz CT molecular complexity index is 410. The monoisotopic (exact) mass is 293 g/mol. The third-order valence-corrected chi connectivity index (χ3v) is 3.87. The van der Waals surface area contributed by atoms with Gasteiger partial charge in [-0.05, 0) is 25.9 Å². The fourth-order valence-electron chi connectivity index (χ4n) is 2.71. The number of hydrogen-bond acceptors (Lipinski definition) is 4. The van der Waals surface area contributed by atoms with Gasteiger partial charge in [0.25, 0.3) is 0 Å². The predicted octanol–water partition coefficient (Wildman–Crippen LogP) is 1.56. The van der Waals surface area contributed by atoms with Crippen LogP contribution in [-0.2, 0) is 6.54 Å². The molecule has 1 N–H and O–H groups in total. The Morgan fingerprint density at radius 1 is 1.38 bits per heavy atom. The first-order valence-corrected chi connectivity index (χ1v) is 7.83. The second-order valence-corrected chi connectivity index (χ2v) is 5.58. The van der Waals surface area contributed by atoms with Gasteiger partial charge in [0.05, 0.1) is 6.54 Å². The van der Waals surface area contributed by atoms with Crippen LogP contribution in [0.4, 0.5) is 0 Å². The van der Waals surface area contributed by atoms with Crippen LogP contribution < -0.4 is 5.32 Å². The fourth-order valence-corrected chi connectivity index (χ4v) is 2.71. The van der Waals surface area contributed by atoms with Gasteiger partial charge in [-0.15, -0.1) is 0 Å². The summed E-state index contributed by atoms with van der Waals surface area (Å²) in [5.74, 6) is 0.896. The van der Waals surface area contributed by atoms with Gasteiger partial charge in [0.2, 0.25) is 0 Å². The van der Waals surface area contributed by atoms with E-state index in [1.54, 1.807) is 6.26 Å². The zero-order valence-electron chi connectivity index (χ0n) is 13.2. The standard InChI is InChI=1S/C15H27N5O/c1-16-15(19(2)13-14-7-12-21-18-14)17-8-11-20-9-5-3-4-6-10-20/h7,12H,3-6,8-11,13H2,1-2H3,(H,16,17). The van der Waals surface area contributed by atoms with Crippen LogP contribution in [0.3, 0.4) is 0 Å². The topological polar surface area (TPSA) is 56.9 Å². The van der Waals surface area contributed by atoms with Gasteiger partial charge in [-0.2, -0.15) is 0 Å². The highest BCUT2D eigenvalue weighted by molar-refractivity contribution is 5.79. The molecule has 0 radical (unpaired) electrons. The quantitative estimate of drug-likeness (QED) is 0.659. The molecule has 0 amide bonds. The molecule has 0 spiro atoms. The lowest BCUT2D eigenvalue weighted by molar-refractivity contribution is 0.287. The Balaban J connectivity index is 1.71. The van der Waals surface area contributed by atoms with E-state index in [1.165, 1.54) is 38.8 Å². The molecule has 1 saturated heterocycles. The second kappa shape index (κ2) is 8.67. The van der Waals surface area contributed by atoms with E-state index in [4.69, 9.17) is 4.52 Å². The van der Waals surface area contributed by atoms with Crippen LogP contribution >= 0.6 is 0 Å². The Labute approximate surface area is 127 Å². The lowest BCUT2D eigenvalue weighted by Gasteiger charge is -2.24. The molecular weight excluding hydrogens is 266 g/mol. The summed E-state index contributed by atoms with van der Waals surface area (Å²) in [4.78, 5) is 8.93. The van der Waals surface area contributed by atoms with Crippen molar-refractivity contribution in [1.82, 2.24) is 20.3 Å². The highest BCUT2D eigenvalue weighted by Gasteiger charge is 2.11. The maximum absolute atomic E-state index is 4.86. The molecule has 0 unspecified atom stereocenters. The van der Waals surface area contributed by atoms with Gasteiger partial charge in [-0.3, -0.25) is 4.99 Å². The summed E-state index contributed by atoms with van der Waals surface area (Å²) in [6, 6.07) is 1.88. The summed E-state index contributed by atoms with van der Waals surface area (Å²) in [5.41, 5.74) is 0.910. The van der Waals surface area contributed by atoms with Gasteiger partial charge in [-0.1, -0.05) is 18.0 Å². The van der Waals surface area contributed by atoms with E-state index < -0.39 is 0 Å². The highest BCUT2D eigenvalue weighted by Crippen LogP contribution is 2.08. The zero-order chi connectivity index (χ0) is 14.9. The Kier molecular flexibility index (Phi) is 6.53. The summed E-state index contributed by atoms with van der Waals surface area (Å²) in [5, 5.41) is 7.35. The van der Waals surface area contributed by atoms with Crippen molar-refractivity contribution in [3.8, 4) is 0 Å². The summed E-state index contributed by atoms with van der Waals surface area (Å²) in [6.07, 6.45) is 7.03. The average Bonchev–Trinajstić information content (AvgIpc) is 2.85. The molecule has 0 atom stereocenters. The Morgan fingerprint density at radius 3 is 2.76 bits per heavy atom. The minimum atomic E-state index is 0.694. The molecule has 1 aliphatic rings. The third kappa shape index (κ3) is 5.38. The first-order chi connectivity index (χ1) is 10.3. The lowest BCUT2D eigenvalue weighted by Crippen LogP contribution is -2.42. The van der Waals surface area contributed by atoms with Crippen molar-refractivity contribution in [2.75, 3.05) is 40.3 Å². The van der Waals surface area contributed by atoms with Gasteiger partial charge >= 0.3 is 0 Å². The summed E-state index contributed by atoms with van der Waals surface area (Å²) < 4.78 is 4.86. The zero-order valence-corrected chi connectivity index (χ0v) is 13.2. The number of aromatic nitrogens is 1. The van der Waals surface area contributed by atoms with Crippen molar-refractivity contribution < 1.29 is 4.52 Å². The van der Waals surface area contributed by atoms with E-state index in [0.717, 1.165) is 24.7 Å². The largest absolute Gasteiger partial charge is 0.364 e. The fraction of sp³-hybridized carbons (Fsp3) is 0.733. The van der Waals surface area contributed by atoms with Gasteiger partial charge in [0.1, 0.15) is 12.0 Å². The number of nitrogens with zero attached hydrogens (tertiary/aromatic N) is 4. The van der Waals surface area contributed by atoms with E-state index in [-0.39, 0.29) is 0 Å². The molecule has 1 fully saturated rings. The second-order valence-electron chi connectivity index (χ2n) is 5.58. The van der Waals surface area contributed by atoms with Crippen molar-refractivity contribution in [3.05, 3.63) is 18.0 Å². The normalized spacial score (nSPS) is 17.5. The van der Waals surface area contributed by atoms with Gasteiger partial charge in [-0.25, -0.2) is 0 Å². The van der Waals surface area contributed by atoms with Crippen LogP contribution in [-0.4, -0.2) is 61.2 Å². The number of aliphatic imine (C=N–C) groups is 1. The van der Waals surface area contributed by atoms with Crippen LogP contribution in [0.5, 0.6) is 0 Å². The molecule has 2 heterocycles. The Morgan fingerprint density at radius 2 is 2.14 bits per heavy atom. The van der Waals surface area contributed by atoms with Gasteiger partial charge in [0.15, 0.2) is 5.96 Å². The van der Waals surface area contributed by atoms with Gasteiger partial charge in [0, 0.05) is 33.3 Å². The lowest BCUT2D eigenvalue weighted by atomic mass is 10.2. The van der Waals surface area contributed by atoms with Gasteiger partial charge < -0.3 is 19.6 Å². The SMILES string of the molecule is CN=C(NCCN1CCCCCC1)N(C)Cc1ccon1. The molecule has 1 aromatic heterocycles.